The molecule has 0 saturated carbocycles. The monoisotopic (exact) mass is 356 g/mol. The Labute approximate surface area is 154 Å². The highest BCUT2D eigenvalue weighted by Gasteiger charge is 2.23. The molecule has 1 aliphatic heterocycles. The minimum Gasteiger partial charge on any atom is -0.497 e. The summed E-state index contributed by atoms with van der Waals surface area (Å²) in [4.78, 5) is 22.0. The first-order valence-electron chi connectivity index (χ1n) is 9.27. The Balaban J connectivity index is 1.67. The Hall–Kier alpha value is -2.34. The minimum atomic E-state index is -0.102. The maximum absolute atomic E-state index is 12.1. The lowest BCUT2D eigenvalue weighted by Gasteiger charge is -2.34. The number of piperidine rings is 1. The fraction of sp³-hybridized carbons (Fsp3) is 0.500. The van der Waals surface area contributed by atoms with Gasteiger partial charge in [0, 0.05) is 24.6 Å². The summed E-state index contributed by atoms with van der Waals surface area (Å²) in [5.74, 6) is 1.70. The molecule has 0 spiro atoms. The van der Waals surface area contributed by atoms with Gasteiger partial charge in [0.05, 0.1) is 12.8 Å². The topological polar surface area (TPSA) is 70.2 Å². The minimum absolute atomic E-state index is 0.102. The zero-order valence-corrected chi connectivity index (χ0v) is 15.8. The van der Waals surface area contributed by atoms with Crippen LogP contribution in [0.15, 0.2) is 35.1 Å². The number of methoxy groups -OCH3 is 1. The van der Waals surface area contributed by atoms with E-state index < -0.39 is 0 Å². The van der Waals surface area contributed by atoms with Crippen molar-refractivity contribution in [3.8, 4) is 5.75 Å². The van der Waals surface area contributed by atoms with E-state index in [9.17, 15) is 4.79 Å². The van der Waals surface area contributed by atoms with E-state index in [2.05, 4.69) is 34.0 Å². The van der Waals surface area contributed by atoms with Gasteiger partial charge in [-0.25, -0.2) is 4.98 Å². The maximum atomic E-state index is 12.1. The van der Waals surface area contributed by atoms with E-state index in [-0.39, 0.29) is 5.56 Å². The lowest BCUT2D eigenvalue weighted by Crippen LogP contribution is -2.38. The second kappa shape index (κ2) is 8.36. The molecule has 1 aliphatic rings. The summed E-state index contributed by atoms with van der Waals surface area (Å²) < 4.78 is 5.24. The van der Waals surface area contributed by atoms with Crippen LogP contribution in [0.5, 0.6) is 5.75 Å². The van der Waals surface area contributed by atoms with Crippen LogP contribution in [0.2, 0.25) is 0 Å². The molecule has 0 radical (unpaired) electrons. The van der Waals surface area contributed by atoms with Crippen molar-refractivity contribution in [2.24, 2.45) is 0 Å². The van der Waals surface area contributed by atoms with Crippen LogP contribution < -0.4 is 15.6 Å². The van der Waals surface area contributed by atoms with E-state index in [0.717, 1.165) is 42.9 Å². The van der Waals surface area contributed by atoms with E-state index in [1.807, 2.05) is 24.3 Å². The predicted octanol–water partition coefficient (Wildman–Crippen LogP) is 2.98. The van der Waals surface area contributed by atoms with Gasteiger partial charge >= 0.3 is 0 Å². The van der Waals surface area contributed by atoms with Gasteiger partial charge in [0.2, 0.25) is 5.95 Å². The third-order valence-corrected chi connectivity index (χ3v) is 5.03. The van der Waals surface area contributed by atoms with E-state index in [4.69, 9.17) is 4.74 Å². The largest absolute Gasteiger partial charge is 0.497 e. The molecule has 0 unspecified atom stereocenters. The third-order valence-electron chi connectivity index (χ3n) is 5.03. The number of ether oxygens (including phenoxy) is 1. The van der Waals surface area contributed by atoms with Gasteiger partial charge < -0.3 is 15.0 Å². The molecule has 0 aliphatic carbocycles. The average molecular weight is 356 g/mol. The molecule has 2 heterocycles. The van der Waals surface area contributed by atoms with Crippen LogP contribution in [0.3, 0.4) is 0 Å². The molecule has 6 heteroatoms. The van der Waals surface area contributed by atoms with E-state index >= 15 is 0 Å². The van der Waals surface area contributed by atoms with Gasteiger partial charge in [-0.1, -0.05) is 12.1 Å². The predicted molar refractivity (Wildman–Crippen MR) is 104 cm³/mol. The number of anilines is 1. The molecule has 0 amide bonds. The van der Waals surface area contributed by atoms with Crippen molar-refractivity contribution < 1.29 is 4.74 Å². The highest BCUT2D eigenvalue weighted by atomic mass is 16.5. The van der Waals surface area contributed by atoms with E-state index in [1.165, 1.54) is 0 Å². The summed E-state index contributed by atoms with van der Waals surface area (Å²) >= 11 is 0. The Morgan fingerprint density at radius 2 is 2.08 bits per heavy atom. The molecular formula is C20H28N4O2. The van der Waals surface area contributed by atoms with Gasteiger partial charge in [0.25, 0.3) is 5.56 Å². The van der Waals surface area contributed by atoms with Crippen molar-refractivity contribution >= 4 is 5.95 Å². The molecule has 140 valence electrons. The third kappa shape index (κ3) is 4.64. The summed E-state index contributed by atoms with van der Waals surface area (Å²) in [6.07, 6.45) is 2.09. The van der Waals surface area contributed by atoms with Gasteiger partial charge in [0.1, 0.15) is 5.75 Å². The number of nitrogens with one attached hydrogen (secondary N) is 2. The molecule has 3 rings (SSSR count). The number of H-pyrrole nitrogens is 1. The van der Waals surface area contributed by atoms with Crippen LogP contribution in [0.25, 0.3) is 0 Å². The molecule has 0 bridgehead atoms. The number of aromatic amines is 1. The van der Waals surface area contributed by atoms with Gasteiger partial charge in [-0.05, 0) is 57.5 Å². The number of hydrogen-bond donors (Lipinski definition) is 2. The molecule has 6 nitrogen and oxygen atoms in total. The van der Waals surface area contributed by atoms with Crippen molar-refractivity contribution in [2.75, 3.05) is 25.5 Å². The summed E-state index contributed by atoms with van der Waals surface area (Å²) in [6, 6.07) is 10.1. The summed E-state index contributed by atoms with van der Waals surface area (Å²) in [5.41, 5.74) is 1.86. The van der Waals surface area contributed by atoms with Gasteiger partial charge in [-0.2, -0.15) is 0 Å². The highest BCUT2D eigenvalue weighted by molar-refractivity contribution is 5.33. The van der Waals surface area contributed by atoms with Crippen molar-refractivity contribution in [3.63, 3.8) is 0 Å². The first kappa shape index (κ1) is 18.5. The number of rotatable bonds is 6. The molecule has 2 aromatic rings. The van der Waals surface area contributed by atoms with Crippen LogP contribution >= 0.6 is 0 Å². The molecule has 1 saturated heterocycles. The quantitative estimate of drug-likeness (QED) is 0.833. The summed E-state index contributed by atoms with van der Waals surface area (Å²) in [7, 11) is 1.65. The number of aromatic nitrogens is 2. The first-order valence-corrected chi connectivity index (χ1v) is 9.27. The lowest BCUT2D eigenvalue weighted by atomic mass is 9.92. The lowest BCUT2D eigenvalue weighted by molar-refractivity contribution is 0.171. The molecular weight excluding hydrogens is 328 g/mol. The van der Waals surface area contributed by atoms with Gasteiger partial charge in [-0.15, -0.1) is 0 Å². The fourth-order valence-electron chi connectivity index (χ4n) is 3.45. The van der Waals surface area contributed by atoms with Crippen LogP contribution in [-0.2, 0) is 6.54 Å². The molecule has 2 N–H and O–H groups in total. The SMILES string of the molecule is COc1cccc(CNc2nc(C3CCN(C(C)C)CC3)cc(=O)[nH]2)c1. The standard InChI is InChI=1S/C20H28N4O2/c1-14(2)24-9-7-16(8-10-24)18-12-19(25)23-20(22-18)21-13-15-5-4-6-17(11-15)26-3/h4-6,11-12,14,16H,7-10,13H2,1-3H3,(H2,21,22,23,25). The normalized spacial score (nSPS) is 16.0. The maximum Gasteiger partial charge on any atom is 0.252 e. The zero-order valence-electron chi connectivity index (χ0n) is 15.8. The smallest absolute Gasteiger partial charge is 0.252 e. The van der Waals surface area contributed by atoms with E-state index in [1.54, 1.807) is 13.2 Å². The van der Waals surface area contributed by atoms with Crippen molar-refractivity contribution in [3.05, 3.63) is 51.9 Å². The second-order valence-corrected chi connectivity index (χ2v) is 7.13. The van der Waals surface area contributed by atoms with Crippen LogP contribution in [0, 0.1) is 0 Å². The Morgan fingerprint density at radius 1 is 1.31 bits per heavy atom. The highest BCUT2D eigenvalue weighted by Crippen LogP contribution is 2.27. The first-order chi connectivity index (χ1) is 12.5. The molecule has 1 fully saturated rings. The molecule has 26 heavy (non-hydrogen) atoms. The molecule has 1 aromatic heterocycles. The van der Waals surface area contributed by atoms with Crippen molar-refractivity contribution in [2.45, 2.75) is 45.2 Å². The number of likely N-dealkylation sites (tertiary alicyclic amines) is 1. The Morgan fingerprint density at radius 3 is 2.77 bits per heavy atom. The Bertz CT molecular complexity index is 779. The zero-order chi connectivity index (χ0) is 18.5. The summed E-state index contributed by atoms with van der Waals surface area (Å²) in [6.45, 7) is 7.15. The van der Waals surface area contributed by atoms with E-state index in [0.29, 0.717) is 24.5 Å². The van der Waals surface area contributed by atoms with Gasteiger partial charge in [-0.3, -0.25) is 9.78 Å². The fourth-order valence-corrected chi connectivity index (χ4v) is 3.45. The van der Waals surface area contributed by atoms with Crippen molar-refractivity contribution in [1.82, 2.24) is 14.9 Å². The van der Waals surface area contributed by atoms with Crippen LogP contribution in [0.4, 0.5) is 5.95 Å². The number of hydrogen-bond acceptors (Lipinski definition) is 5. The van der Waals surface area contributed by atoms with Crippen LogP contribution in [-0.4, -0.2) is 41.1 Å². The number of nitrogens with zero attached hydrogens (tertiary/aromatic N) is 2. The van der Waals surface area contributed by atoms with Crippen LogP contribution in [0.1, 0.15) is 43.9 Å². The second-order valence-electron chi connectivity index (χ2n) is 7.13. The Kier molecular flexibility index (Phi) is 5.93. The van der Waals surface area contributed by atoms with Crippen molar-refractivity contribution in [1.29, 1.82) is 0 Å². The molecule has 0 atom stereocenters. The molecule has 1 aromatic carbocycles. The summed E-state index contributed by atoms with van der Waals surface area (Å²) in [5, 5.41) is 3.23. The average Bonchev–Trinajstić information content (AvgIpc) is 2.66. The number of benzene rings is 1. The van der Waals surface area contributed by atoms with Gasteiger partial charge in [0.15, 0.2) is 0 Å².